The van der Waals surface area contributed by atoms with Gasteiger partial charge in [-0.15, -0.1) is 0 Å². The number of amides is 1. The first-order valence-corrected chi connectivity index (χ1v) is 6.11. The fourth-order valence-corrected chi connectivity index (χ4v) is 1.75. The number of hydrogen-bond donors (Lipinski definition) is 2. The summed E-state index contributed by atoms with van der Waals surface area (Å²) in [5, 5.41) is 12.0. The Balaban J connectivity index is 2.71. The van der Waals surface area contributed by atoms with Gasteiger partial charge < -0.3 is 10.4 Å². The van der Waals surface area contributed by atoms with Crippen molar-refractivity contribution < 1.29 is 14.7 Å². The Morgan fingerprint density at radius 3 is 2.67 bits per heavy atom. The second kappa shape index (κ2) is 6.40. The standard InChI is InChI=1S/C13H16ClNO3/c1-3-9(13(17)18)7-15-12(16)10-5-4-6-11(14)8(10)2/h4-6,9H,3,7H2,1-2H3,(H,15,16)(H,17,18). The SMILES string of the molecule is CCC(CNC(=O)c1cccc(Cl)c1C)C(=O)O. The minimum absolute atomic E-state index is 0.122. The maximum atomic E-state index is 11.9. The first-order valence-electron chi connectivity index (χ1n) is 5.73. The van der Waals surface area contributed by atoms with E-state index in [0.29, 0.717) is 22.6 Å². The average molecular weight is 270 g/mol. The van der Waals surface area contributed by atoms with Crippen LogP contribution < -0.4 is 5.32 Å². The van der Waals surface area contributed by atoms with E-state index >= 15 is 0 Å². The molecule has 2 N–H and O–H groups in total. The molecule has 1 aromatic carbocycles. The molecule has 1 atom stereocenters. The van der Waals surface area contributed by atoms with Gasteiger partial charge in [-0.3, -0.25) is 9.59 Å². The Bertz CT molecular complexity index is 460. The second-order valence-corrected chi connectivity index (χ2v) is 4.47. The van der Waals surface area contributed by atoms with Crippen LogP contribution in [0.4, 0.5) is 0 Å². The number of carbonyl (C=O) groups is 2. The van der Waals surface area contributed by atoms with E-state index < -0.39 is 11.9 Å². The van der Waals surface area contributed by atoms with Crippen LogP contribution >= 0.6 is 11.6 Å². The lowest BCUT2D eigenvalue weighted by Crippen LogP contribution is -2.33. The van der Waals surface area contributed by atoms with Crippen molar-refractivity contribution in [2.45, 2.75) is 20.3 Å². The number of aliphatic carboxylic acids is 1. The fourth-order valence-electron chi connectivity index (χ4n) is 1.57. The quantitative estimate of drug-likeness (QED) is 0.863. The van der Waals surface area contributed by atoms with Gasteiger partial charge in [0.1, 0.15) is 0 Å². The molecular weight excluding hydrogens is 254 g/mol. The number of hydrogen-bond acceptors (Lipinski definition) is 2. The maximum absolute atomic E-state index is 11.9. The molecular formula is C13H16ClNO3. The summed E-state index contributed by atoms with van der Waals surface area (Å²) in [5.74, 6) is -1.76. The molecule has 0 bridgehead atoms. The summed E-state index contributed by atoms with van der Waals surface area (Å²) in [5.41, 5.74) is 1.17. The van der Waals surface area contributed by atoms with Gasteiger partial charge in [-0.05, 0) is 31.0 Å². The molecule has 5 heteroatoms. The van der Waals surface area contributed by atoms with Gasteiger partial charge in [0.2, 0.25) is 0 Å². The van der Waals surface area contributed by atoms with Gasteiger partial charge in [0.15, 0.2) is 0 Å². The maximum Gasteiger partial charge on any atom is 0.308 e. The molecule has 1 rings (SSSR count). The van der Waals surface area contributed by atoms with Crippen molar-refractivity contribution >= 4 is 23.5 Å². The first kappa shape index (κ1) is 14.5. The van der Waals surface area contributed by atoms with Gasteiger partial charge in [0.25, 0.3) is 5.91 Å². The Kier molecular flexibility index (Phi) is 5.16. The van der Waals surface area contributed by atoms with Gasteiger partial charge >= 0.3 is 5.97 Å². The van der Waals surface area contributed by atoms with Crippen LogP contribution in [0.5, 0.6) is 0 Å². The zero-order valence-electron chi connectivity index (χ0n) is 10.4. The largest absolute Gasteiger partial charge is 0.481 e. The third-order valence-corrected chi connectivity index (χ3v) is 3.27. The number of carboxylic acid groups (broad SMARTS) is 1. The number of rotatable bonds is 5. The van der Waals surface area contributed by atoms with Gasteiger partial charge in [-0.2, -0.15) is 0 Å². The molecule has 1 amide bonds. The Hall–Kier alpha value is -1.55. The summed E-state index contributed by atoms with van der Waals surface area (Å²) in [6, 6.07) is 5.07. The van der Waals surface area contributed by atoms with Crippen molar-refractivity contribution in [1.29, 1.82) is 0 Å². The van der Waals surface area contributed by atoms with Crippen molar-refractivity contribution in [3.05, 3.63) is 34.3 Å². The molecule has 1 unspecified atom stereocenters. The molecule has 0 aliphatic carbocycles. The molecule has 0 fully saturated rings. The summed E-state index contributed by atoms with van der Waals surface area (Å²) in [6.45, 7) is 3.65. The third-order valence-electron chi connectivity index (χ3n) is 2.86. The molecule has 0 spiro atoms. The predicted molar refractivity (Wildman–Crippen MR) is 69.9 cm³/mol. The Morgan fingerprint density at radius 2 is 2.11 bits per heavy atom. The summed E-state index contributed by atoms with van der Waals surface area (Å²) in [7, 11) is 0. The van der Waals surface area contributed by atoms with E-state index in [9.17, 15) is 9.59 Å². The van der Waals surface area contributed by atoms with E-state index in [1.165, 1.54) is 0 Å². The highest BCUT2D eigenvalue weighted by Gasteiger charge is 2.17. The van der Waals surface area contributed by atoms with Crippen LogP contribution in [0.25, 0.3) is 0 Å². The van der Waals surface area contributed by atoms with E-state index in [4.69, 9.17) is 16.7 Å². The van der Waals surface area contributed by atoms with E-state index in [2.05, 4.69) is 5.32 Å². The van der Waals surface area contributed by atoms with E-state index in [1.54, 1.807) is 32.0 Å². The molecule has 4 nitrogen and oxygen atoms in total. The molecule has 98 valence electrons. The van der Waals surface area contributed by atoms with Crippen LogP contribution in [0, 0.1) is 12.8 Å². The molecule has 0 aliphatic rings. The highest BCUT2D eigenvalue weighted by Crippen LogP contribution is 2.18. The van der Waals surface area contributed by atoms with Crippen molar-refractivity contribution in [2.75, 3.05) is 6.54 Å². The molecule has 18 heavy (non-hydrogen) atoms. The molecule has 0 aromatic heterocycles. The van der Waals surface area contributed by atoms with Gasteiger partial charge in [-0.25, -0.2) is 0 Å². The zero-order valence-corrected chi connectivity index (χ0v) is 11.1. The van der Waals surface area contributed by atoms with Crippen LogP contribution in [-0.4, -0.2) is 23.5 Å². The van der Waals surface area contributed by atoms with Crippen molar-refractivity contribution in [3.63, 3.8) is 0 Å². The summed E-state index contributed by atoms with van der Waals surface area (Å²) < 4.78 is 0. The minimum atomic E-state index is -0.902. The summed E-state index contributed by atoms with van der Waals surface area (Å²) in [4.78, 5) is 22.7. The smallest absolute Gasteiger partial charge is 0.308 e. The zero-order chi connectivity index (χ0) is 13.7. The normalized spacial score (nSPS) is 11.9. The molecule has 0 saturated heterocycles. The lowest BCUT2D eigenvalue weighted by molar-refractivity contribution is -0.141. The number of nitrogens with one attached hydrogen (secondary N) is 1. The van der Waals surface area contributed by atoms with Crippen LogP contribution in [0.15, 0.2) is 18.2 Å². The van der Waals surface area contributed by atoms with Crippen molar-refractivity contribution in [3.8, 4) is 0 Å². The predicted octanol–water partition coefficient (Wildman–Crippen LogP) is 2.49. The van der Waals surface area contributed by atoms with Gasteiger partial charge in [0.05, 0.1) is 5.92 Å². The number of carbonyl (C=O) groups excluding carboxylic acids is 1. The highest BCUT2D eigenvalue weighted by molar-refractivity contribution is 6.31. The number of carboxylic acids is 1. The fraction of sp³-hybridized carbons (Fsp3) is 0.385. The Morgan fingerprint density at radius 1 is 1.44 bits per heavy atom. The minimum Gasteiger partial charge on any atom is -0.481 e. The lowest BCUT2D eigenvalue weighted by atomic mass is 10.1. The van der Waals surface area contributed by atoms with E-state index in [1.807, 2.05) is 0 Å². The summed E-state index contributed by atoms with van der Waals surface area (Å²) >= 11 is 5.92. The van der Waals surface area contributed by atoms with Crippen LogP contribution in [0.3, 0.4) is 0 Å². The molecule has 0 radical (unpaired) electrons. The van der Waals surface area contributed by atoms with Crippen LogP contribution in [0.1, 0.15) is 29.3 Å². The Labute approximate surface area is 111 Å². The number of benzene rings is 1. The first-order chi connectivity index (χ1) is 8.47. The van der Waals surface area contributed by atoms with Crippen molar-refractivity contribution in [1.82, 2.24) is 5.32 Å². The van der Waals surface area contributed by atoms with E-state index in [-0.39, 0.29) is 12.5 Å². The molecule has 0 saturated carbocycles. The monoisotopic (exact) mass is 269 g/mol. The summed E-state index contributed by atoms with van der Waals surface area (Å²) in [6.07, 6.45) is 0.476. The second-order valence-electron chi connectivity index (χ2n) is 4.07. The number of halogens is 1. The van der Waals surface area contributed by atoms with Crippen LogP contribution in [-0.2, 0) is 4.79 Å². The molecule has 1 aromatic rings. The topological polar surface area (TPSA) is 66.4 Å². The average Bonchev–Trinajstić information content (AvgIpc) is 2.32. The highest BCUT2D eigenvalue weighted by atomic mass is 35.5. The third kappa shape index (κ3) is 3.47. The van der Waals surface area contributed by atoms with Gasteiger partial charge in [-0.1, -0.05) is 24.6 Å². The lowest BCUT2D eigenvalue weighted by Gasteiger charge is -2.12. The van der Waals surface area contributed by atoms with Gasteiger partial charge in [0, 0.05) is 17.1 Å². The molecule has 0 aliphatic heterocycles. The van der Waals surface area contributed by atoms with E-state index in [0.717, 1.165) is 0 Å². The van der Waals surface area contributed by atoms with Crippen molar-refractivity contribution in [2.24, 2.45) is 5.92 Å². The molecule has 0 heterocycles. The van der Waals surface area contributed by atoms with Crippen LogP contribution in [0.2, 0.25) is 5.02 Å².